The van der Waals surface area contributed by atoms with Crippen molar-refractivity contribution in [1.82, 2.24) is 0 Å². The number of carboxylic acids is 6. The summed E-state index contributed by atoms with van der Waals surface area (Å²) in [7, 11) is 0. The van der Waals surface area contributed by atoms with Crippen LogP contribution in [0.1, 0.15) is 41.5 Å². The molecule has 0 aromatic heterocycles. The Balaban J connectivity index is 0. The van der Waals surface area contributed by atoms with Crippen LogP contribution in [0.3, 0.4) is 0 Å². The van der Waals surface area contributed by atoms with Gasteiger partial charge in [-0.05, 0) is 65.8 Å². The summed E-state index contributed by atoms with van der Waals surface area (Å²) in [6, 6.07) is 0. The third-order valence-electron chi connectivity index (χ3n) is 7.99. The quantitative estimate of drug-likeness (QED) is 0.0487. The molecule has 12 N–H and O–H groups in total. The van der Waals surface area contributed by atoms with E-state index >= 15 is 0 Å². The van der Waals surface area contributed by atoms with Crippen LogP contribution in [-0.4, -0.2) is 148 Å². The van der Waals surface area contributed by atoms with Crippen molar-refractivity contribution in [2.45, 2.75) is 52.7 Å². The van der Waals surface area contributed by atoms with E-state index in [9.17, 15) is 69.6 Å². The van der Waals surface area contributed by atoms with Crippen molar-refractivity contribution < 1.29 is 99.5 Å². The summed E-state index contributed by atoms with van der Waals surface area (Å²) in [5.41, 5.74) is -13.4. The summed E-state index contributed by atoms with van der Waals surface area (Å²) in [6.45, 7) is 1.37. The van der Waals surface area contributed by atoms with Crippen molar-refractivity contribution in [3.8, 4) is 0 Å². The normalized spacial score (nSPS) is 15.9. The zero-order valence-corrected chi connectivity index (χ0v) is 30.3. The zero-order chi connectivity index (χ0) is 42.8. The van der Waals surface area contributed by atoms with E-state index in [0.29, 0.717) is 36.8 Å². The number of aliphatic carboxylic acids is 6. The third-order valence-corrected chi connectivity index (χ3v) is 7.99. The van der Waals surface area contributed by atoms with E-state index in [1.54, 1.807) is 0 Å². The summed E-state index contributed by atoms with van der Waals surface area (Å²) >= 11 is 0. The van der Waals surface area contributed by atoms with Gasteiger partial charge in [-0.15, -0.1) is 0 Å². The average molecular weight is 777 g/mol. The van der Waals surface area contributed by atoms with E-state index in [1.165, 1.54) is 0 Å². The van der Waals surface area contributed by atoms with Gasteiger partial charge in [0.05, 0.1) is 68.7 Å². The van der Waals surface area contributed by atoms with Gasteiger partial charge in [-0.1, -0.05) is 0 Å². The Morgan fingerprint density at radius 2 is 0.593 bits per heavy atom. The molecule has 0 radical (unpaired) electrons. The fourth-order valence-corrected chi connectivity index (χ4v) is 4.15. The standard InChI is InChI=1S/C29H36O16.C5H12O4/c1-15(21(32)33)7-28(8-16(2)22(34)35,44-11-19(5)25(40)41)27(13-30,14-31)29(9-17(3)23(36)37,10-18(4)24(38)39)45-12-20(6)26(42)43;6-1-5(2-7,3-8)4-9/h7-12,30-31H,13-14H2,1-6H3,(H,32,33)(H,34,35)(H,36,37)(H,38,39)(H,40,41)(H,42,43);6-9H,1-4H2. The van der Waals surface area contributed by atoms with Crippen molar-refractivity contribution in [2.24, 2.45) is 10.8 Å². The lowest BCUT2D eigenvalue weighted by Crippen LogP contribution is -2.65. The molecule has 304 valence electrons. The molecule has 0 heterocycles. The monoisotopic (exact) mass is 776 g/mol. The molecule has 54 heavy (non-hydrogen) atoms. The van der Waals surface area contributed by atoms with E-state index in [-0.39, 0.29) is 0 Å². The first-order valence-electron chi connectivity index (χ1n) is 15.4. The number of hydrogen-bond acceptors (Lipinski definition) is 14. The molecule has 0 amide bonds. The van der Waals surface area contributed by atoms with E-state index in [1.807, 2.05) is 0 Å². The van der Waals surface area contributed by atoms with Crippen LogP contribution in [0, 0.1) is 10.8 Å². The van der Waals surface area contributed by atoms with Crippen molar-refractivity contribution in [3.63, 3.8) is 0 Å². The summed E-state index contributed by atoms with van der Waals surface area (Å²) in [4.78, 5) is 71.4. The fraction of sp³-hybridized carbons (Fsp3) is 0.471. The van der Waals surface area contributed by atoms with Crippen molar-refractivity contribution in [2.75, 3.05) is 39.6 Å². The van der Waals surface area contributed by atoms with Gasteiger partial charge < -0.3 is 70.8 Å². The topological polar surface area (TPSA) is 364 Å². The molecule has 0 fully saturated rings. The van der Waals surface area contributed by atoms with E-state index < -0.39 is 131 Å². The zero-order valence-electron chi connectivity index (χ0n) is 30.3. The number of carbonyl (C=O) groups is 6. The molecule has 20 nitrogen and oxygen atoms in total. The van der Waals surface area contributed by atoms with Gasteiger partial charge in [0.15, 0.2) is 11.2 Å². The Morgan fingerprint density at radius 1 is 0.389 bits per heavy atom. The molecule has 0 aliphatic rings. The third kappa shape index (κ3) is 12.9. The Bertz CT molecular complexity index is 1390. The minimum Gasteiger partial charge on any atom is -0.485 e. The van der Waals surface area contributed by atoms with Crippen LogP contribution < -0.4 is 0 Å². The van der Waals surface area contributed by atoms with Gasteiger partial charge in [0.1, 0.15) is 5.41 Å². The van der Waals surface area contributed by atoms with Gasteiger partial charge in [-0.2, -0.15) is 0 Å². The summed E-state index contributed by atoms with van der Waals surface area (Å²) in [5.74, 6) is -9.78. The SMILES string of the molecule is CC(=COC(C=C(C)C(=O)O)(C=C(C)C(=O)O)C(CO)(CO)C(C=C(C)C(=O)O)(C=C(C)C(=O)O)OC=C(C)C(=O)O)C(=O)O.OCC(CO)(CO)CO. The summed E-state index contributed by atoms with van der Waals surface area (Å²) in [6.07, 6.45) is 3.70. The van der Waals surface area contributed by atoms with Crippen LogP contribution in [0.2, 0.25) is 0 Å². The van der Waals surface area contributed by atoms with Gasteiger partial charge in [0, 0.05) is 22.3 Å². The van der Waals surface area contributed by atoms with Crippen LogP contribution in [0.4, 0.5) is 0 Å². The predicted octanol–water partition coefficient (Wildman–Crippen LogP) is -0.489. The smallest absolute Gasteiger partial charge is 0.334 e. The second-order valence-electron chi connectivity index (χ2n) is 12.1. The molecule has 0 saturated heterocycles. The first-order chi connectivity index (χ1) is 24.8. The predicted molar refractivity (Wildman–Crippen MR) is 183 cm³/mol. The maximum Gasteiger partial charge on any atom is 0.334 e. The number of aliphatic hydroxyl groups excluding tert-OH is 6. The van der Waals surface area contributed by atoms with Crippen LogP contribution in [-0.2, 0) is 38.2 Å². The fourth-order valence-electron chi connectivity index (χ4n) is 4.15. The largest absolute Gasteiger partial charge is 0.485 e. The maximum absolute atomic E-state index is 12.0. The molecular formula is C34H48O20. The highest BCUT2D eigenvalue weighted by Crippen LogP contribution is 2.51. The molecule has 0 spiro atoms. The van der Waals surface area contributed by atoms with Gasteiger partial charge >= 0.3 is 35.8 Å². The van der Waals surface area contributed by atoms with Gasteiger partial charge in [-0.25, -0.2) is 28.8 Å². The van der Waals surface area contributed by atoms with Gasteiger partial charge in [-0.3, -0.25) is 0 Å². The second-order valence-corrected chi connectivity index (χ2v) is 12.1. The Labute approximate surface area is 308 Å². The Kier molecular flexibility index (Phi) is 20.6. The van der Waals surface area contributed by atoms with Crippen molar-refractivity contribution >= 4 is 35.8 Å². The average Bonchev–Trinajstić information content (AvgIpc) is 3.11. The van der Waals surface area contributed by atoms with Crippen LogP contribution in [0.5, 0.6) is 0 Å². The highest BCUT2D eigenvalue weighted by atomic mass is 16.5. The highest BCUT2D eigenvalue weighted by molar-refractivity contribution is 5.89. The second kappa shape index (κ2) is 22.0. The summed E-state index contributed by atoms with van der Waals surface area (Å²) in [5, 5.41) is 114. The minimum atomic E-state index is -2.85. The number of hydrogen-bond donors (Lipinski definition) is 12. The number of carboxylic acid groups (broad SMARTS) is 6. The van der Waals surface area contributed by atoms with Gasteiger partial charge in [0.2, 0.25) is 0 Å². The molecular weight excluding hydrogens is 728 g/mol. The molecule has 0 aromatic rings. The minimum absolute atomic E-state index is 0.406. The van der Waals surface area contributed by atoms with Crippen molar-refractivity contribution in [3.05, 3.63) is 70.3 Å². The van der Waals surface area contributed by atoms with E-state index in [4.69, 9.17) is 29.9 Å². The lowest BCUT2D eigenvalue weighted by Gasteiger charge is -2.53. The van der Waals surface area contributed by atoms with Crippen LogP contribution in [0.25, 0.3) is 0 Å². The number of ether oxygens (including phenoxy) is 2. The lowest BCUT2D eigenvalue weighted by atomic mass is 9.59. The van der Waals surface area contributed by atoms with E-state index in [2.05, 4.69) is 0 Å². The lowest BCUT2D eigenvalue weighted by molar-refractivity contribution is -0.166. The number of rotatable bonds is 22. The van der Waals surface area contributed by atoms with Crippen LogP contribution in [0.15, 0.2) is 70.3 Å². The Morgan fingerprint density at radius 3 is 0.722 bits per heavy atom. The first kappa shape index (κ1) is 50.7. The molecule has 0 aliphatic heterocycles. The molecule has 0 bridgehead atoms. The molecule has 0 unspecified atom stereocenters. The van der Waals surface area contributed by atoms with E-state index in [0.717, 1.165) is 41.5 Å². The van der Waals surface area contributed by atoms with Gasteiger partial charge in [0.25, 0.3) is 0 Å². The molecule has 20 heteroatoms. The molecule has 0 rings (SSSR count). The van der Waals surface area contributed by atoms with Crippen molar-refractivity contribution in [1.29, 1.82) is 0 Å². The first-order valence-corrected chi connectivity index (χ1v) is 15.4. The molecule has 0 aliphatic carbocycles. The summed E-state index contributed by atoms with van der Waals surface area (Å²) < 4.78 is 11.5. The number of aliphatic hydroxyl groups is 6. The molecule has 0 aromatic carbocycles. The molecule has 0 atom stereocenters. The van der Waals surface area contributed by atoms with Crippen LogP contribution >= 0.6 is 0 Å². The maximum atomic E-state index is 12.0. The molecule has 0 saturated carbocycles. The Hall–Kier alpha value is -5.38. The highest BCUT2D eigenvalue weighted by Gasteiger charge is 2.64.